The van der Waals surface area contributed by atoms with Crippen LogP contribution in [0.15, 0.2) is 0 Å². The van der Waals surface area contributed by atoms with E-state index in [1.54, 1.807) is 6.92 Å². The molecule has 0 radical (unpaired) electrons. The molecule has 1 unspecified atom stereocenters. The van der Waals surface area contributed by atoms with Gasteiger partial charge in [-0.2, -0.15) is 0 Å². The van der Waals surface area contributed by atoms with E-state index in [4.69, 9.17) is 16.2 Å². The van der Waals surface area contributed by atoms with Crippen LogP contribution >= 0.6 is 0 Å². The fraction of sp³-hybridized carbons (Fsp3) is 0.958. The number of carbonyl (C=O) groups is 1. The number of esters is 1. The molecule has 0 spiro atoms. The monoisotopic (exact) mass is 400 g/mol. The normalized spacial score (nSPS) is 11.8. The van der Waals surface area contributed by atoms with Crippen molar-refractivity contribution < 1.29 is 9.53 Å². The van der Waals surface area contributed by atoms with Gasteiger partial charge in [0.2, 0.25) is 0 Å². The van der Waals surface area contributed by atoms with Crippen LogP contribution < -0.4 is 11.5 Å². The summed E-state index contributed by atoms with van der Waals surface area (Å²) in [4.78, 5) is 11.7. The Bertz CT molecular complexity index is 306. The van der Waals surface area contributed by atoms with Crippen molar-refractivity contribution in [3.8, 4) is 0 Å². The maximum Gasteiger partial charge on any atom is 0.308 e. The van der Waals surface area contributed by atoms with Gasteiger partial charge in [0.1, 0.15) is 0 Å². The molecule has 0 heterocycles. The highest BCUT2D eigenvalue weighted by atomic mass is 16.5. The van der Waals surface area contributed by atoms with Gasteiger partial charge in [0.15, 0.2) is 0 Å². The number of ether oxygens (including phenoxy) is 1. The maximum absolute atomic E-state index is 11.7. The molecular formula is C24H52N2O2. The predicted octanol–water partition coefficient (Wildman–Crippen LogP) is 6.70. The summed E-state index contributed by atoms with van der Waals surface area (Å²) in [5, 5.41) is 0. The van der Waals surface area contributed by atoms with E-state index in [1.807, 2.05) is 6.92 Å². The van der Waals surface area contributed by atoms with Crippen LogP contribution in [0.1, 0.15) is 130 Å². The Hall–Kier alpha value is -0.610. The Morgan fingerprint density at radius 3 is 1.39 bits per heavy atom. The molecule has 4 N–H and O–H groups in total. The van der Waals surface area contributed by atoms with Crippen molar-refractivity contribution in [3.05, 3.63) is 0 Å². The van der Waals surface area contributed by atoms with Gasteiger partial charge in [-0.3, -0.25) is 4.79 Å². The van der Waals surface area contributed by atoms with E-state index in [2.05, 4.69) is 13.8 Å². The van der Waals surface area contributed by atoms with Crippen LogP contribution in [0.25, 0.3) is 0 Å². The molecule has 0 amide bonds. The fourth-order valence-corrected chi connectivity index (χ4v) is 3.33. The summed E-state index contributed by atoms with van der Waals surface area (Å²) >= 11 is 0. The van der Waals surface area contributed by atoms with E-state index in [9.17, 15) is 4.79 Å². The number of nitrogens with two attached hydrogens (primary N) is 2. The largest absolute Gasteiger partial charge is 0.466 e. The molecule has 0 aromatic carbocycles. The van der Waals surface area contributed by atoms with Crippen LogP contribution in [0.2, 0.25) is 0 Å². The Labute approximate surface area is 176 Å². The molecule has 170 valence electrons. The van der Waals surface area contributed by atoms with E-state index in [0.29, 0.717) is 6.61 Å². The van der Waals surface area contributed by atoms with Gasteiger partial charge in [-0.15, -0.1) is 0 Å². The molecule has 4 nitrogen and oxygen atoms in total. The van der Waals surface area contributed by atoms with Crippen LogP contribution in [-0.2, 0) is 9.53 Å². The van der Waals surface area contributed by atoms with Crippen molar-refractivity contribution in [2.24, 2.45) is 17.4 Å². The van der Waals surface area contributed by atoms with Gasteiger partial charge in [0, 0.05) is 6.17 Å². The Kier molecular flexibility index (Phi) is 25.8. The SMILES string of the molecule is CC(N)N.CCCCCCCCCCCCCCCCC(CC)C(=O)OCC. The van der Waals surface area contributed by atoms with Gasteiger partial charge in [-0.1, -0.05) is 104 Å². The smallest absolute Gasteiger partial charge is 0.308 e. The molecular weight excluding hydrogens is 348 g/mol. The van der Waals surface area contributed by atoms with Crippen LogP contribution in [0.3, 0.4) is 0 Å². The van der Waals surface area contributed by atoms with Crippen LogP contribution in [0.4, 0.5) is 0 Å². The molecule has 28 heavy (non-hydrogen) atoms. The average Bonchev–Trinajstić information content (AvgIpc) is 2.64. The third kappa shape index (κ3) is 25.4. The number of carbonyl (C=O) groups excluding carboxylic acids is 1. The summed E-state index contributed by atoms with van der Waals surface area (Å²) in [6.07, 6.45) is 21.1. The summed E-state index contributed by atoms with van der Waals surface area (Å²) < 4.78 is 5.13. The van der Waals surface area contributed by atoms with Gasteiger partial charge >= 0.3 is 5.97 Å². The van der Waals surface area contributed by atoms with Crippen molar-refractivity contribution in [2.45, 2.75) is 137 Å². The summed E-state index contributed by atoms with van der Waals surface area (Å²) in [5.74, 6) is 0.136. The molecule has 0 aromatic rings. The zero-order chi connectivity index (χ0) is 21.5. The predicted molar refractivity (Wildman–Crippen MR) is 123 cm³/mol. The second-order valence-electron chi connectivity index (χ2n) is 8.10. The first-order valence-corrected chi connectivity index (χ1v) is 12.2. The standard InChI is InChI=1S/C22H44O2.C2H8N2/c1-4-7-8-9-10-11-12-13-14-15-16-17-18-19-20-21(5-2)22(23)24-6-3;1-2(3)4/h21H,4-20H2,1-3H3;2H,3-4H2,1H3. The minimum Gasteiger partial charge on any atom is -0.466 e. The molecule has 4 heteroatoms. The van der Waals surface area contributed by atoms with Crippen LogP contribution in [-0.4, -0.2) is 18.7 Å². The summed E-state index contributed by atoms with van der Waals surface area (Å²) in [7, 11) is 0. The molecule has 0 aliphatic carbocycles. The maximum atomic E-state index is 11.7. The molecule has 0 bridgehead atoms. The van der Waals surface area contributed by atoms with Crippen LogP contribution in [0.5, 0.6) is 0 Å². The lowest BCUT2D eigenvalue weighted by molar-refractivity contribution is -0.148. The molecule has 0 aliphatic rings. The van der Waals surface area contributed by atoms with Gasteiger partial charge in [0.05, 0.1) is 12.5 Å². The second kappa shape index (κ2) is 24.4. The number of unbranched alkanes of at least 4 members (excludes halogenated alkanes) is 13. The Balaban J connectivity index is 0. The van der Waals surface area contributed by atoms with Gasteiger partial charge in [-0.25, -0.2) is 0 Å². The van der Waals surface area contributed by atoms with Crippen molar-refractivity contribution in [3.63, 3.8) is 0 Å². The highest BCUT2D eigenvalue weighted by molar-refractivity contribution is 5.72. The van der Waals surface area contributed by atoms with Crippen molar-refractivity contribution >= 4 is 5.97 Å². The first-order valence-electron chi connectivity index (χ1n) is 12.2. The highest BCUT2D eigenvalue weighted by Gasteiger charge is 2.16. The van der Waals surface area contributed by atoms with E-state index in [-0.39, 0.29) is 18.1 Å². The van der Waals surface area contributed by atoms with Crippen molar-refractivity contribution in [1.82, 2.24) is 0 Å². The minimum atomic E-state index is -0.167. The first kappa shape index (κ1) is 29.6. The summed E-state index contributed by atoms with van der Waals surface area (Å²) in [5.41, 5.74) is 9.78. The number of hydrogen-bond acceptors (Lipinski definition) is 4. The minimum absolute atomic E-state index is 0.00898. The fourth-order valence-electron chi connectivity index (χ4n) is 3.33. The molecule has 0 saturated heterocycles. The Morgan fingerprint density at radius 1 is 0.714 bits per heavy atom. The van der Waals surface area contributed by atoms with Crippen molar-refractivity contribution in [2.75, 3.05) is 6.61 Å². The van der Waals surface area contributed by atoms with Gasteiger partial charge in [-0.05, 0) is 26.7 Å². The molecule has 0 rings (SSSR count). The zero-order valence-corrected chi connectivity index (χ0v) is 19.6. The first-order chi connectivity index (χ1) is 13.5. The zero-order valence-electron chi connectivity index (χ0n) is 19.6. The summed E-state index contributed by atoms with van der Waals surface area (Å²) in [6.45, 7) is 8.49. The van der Waals surface area contributed by atoms with E-state index < -0.39 is 0 Å². The van der Waals surface area contributed by atoms with Gasteiger partial charge < -0.3 is 16.2 Å². The quantitative estimate of drug-likeness (QED) is 0.152. The van der Waals surface area contributed by atoms with E-state index in [0.717, 1.165) is 12.8 Å². The molecule has 0 aromatic heterocycles. The van der Waals surface area contributed by atoms with Crippen LogP contribution in [0, 0.1) is 5.92 Å². The number of hydrogen-bond donors (Lipinski definition) is 2. The Morgan fingerprint density at radius 2 is 1.07 bits per heavy atom. The van der Waals surface area contributed by atoms with Gasteiger partial charge in [0.25, 0.3) is 0 Å². The lowest BCUT2D eigenvalue weighted by Crippen LogP contribution is -2.25. The lowest BCUT2D eigenvalue weighted by Gasteiger charge is -2.13. The molecule has 0 fully saturated rings. The number of rotatable bonds is 18. The third-order valence-corrected chi connectivity index (χ3v) is 5.02. The second-order valence-corrected chi connectivity index (χ2v) is 8.10. The van der Waals surface area contributed by atoms with Crippen molar-refractivity contribution in [1.29, 1.82) is 0 Å². The average molecular weight is 401 g/mol. The topological polar surface area (TPSA) is 78.3 Å². The molecule has 0 aliphatic heterocycles. The lowest BCUT2D eigenvalue weighted by atomic mass is 9.98. The van der Waals surface area contributed by atoms with E-state index >= 15 is 0 Å². The summed E-state index contributed by atoms with van der Waals surface area (Å²) in [6, 6.07) is 0. The molecule has 0 saturated carbocycles. The van der Waals surface area contributed by atoms with E-state index in [1.165, 1.54) is 89.9 Å². The highest BCUT2D eigenvalue weighted by Crippen LogP contribution is 2.17. The third-order valence-electron chi connectivity index (χ3n) is 5.02. The molecule has 1 atom stereocenters.